The second kappa shape index (κ2) is 12.4. The van der Waals surface area contributed by atoms with Gasteiger partial charge in [-0.2, -0.15) is 0 Å². The standard InChI is InChI=1S/C51H32N4O2/c1-3-13-31(14-4-1)49-52-50(32-25-27-44-39(29-32)35-17-8-10-23-43(35)56-44)54-51(53-49)33-26-28-45-40(30-33)48-37(20-12-24-46(48)57-45)36-19-11-22-42-47(36)38-18-7-9-21-41(38)55(42)34-15-5-2-6-16-34/h1-30,49H,(H,52,53,54). The Kier molecular flexibility index (Phi) is 6.89. The summed E-state index contributed by atoms with van der Waals surface area (Å²) in [5.74, 6) is 1.40. The first-order valence-corrected chi connectivity index (χ1v) is 19.2. The van der Waals surface area contributed by atoms with Crippen molar-refractivity contribution in [3.05, 3.63) is 199 Å². The summed E-state index contributed by atoms with van der Waals surface area (Å²) in [5, 5.41) is 10.3. The van der Waals surface area contributed by atoms with E-state index < -0.39 is 0 Å². The van der Waals surface area contributed by atoms with Crippen LogP contribution in [0, 0.1) is 0 Å². The van der Waals surface area contributed by atoms with Crippen LogP contribution in [-0.4, -0.2) is 16.2 Å². The van der Waals surface area contributed by atoms with Gasteiger partial charge in [0.2, 0.25) is 0 Å². The molecule has 6 nitrogen and oxygen atoms in total. The largest absolute Gasteiger partial charge is 0.456 e. The number of rotatable bonds is 5. The van der Waals surface area contributed by atoms with Gasteiger partial charge in [-0.15, -0.1) is 0 Å². The number of benzene rings is 8. The monoisotopic (exact) mass is 732 g/mol. The number of amidine groups is 2. The molecule has 0 saturated heterocycles. The third kappa shape index (κ3) is 4.97. The van der Waals surface area contributed by atoms with Gasteiger partial charge in [-0.3, -0.25) is 0 Å². The van der Waals surface area contributed by atoms with Gasteiger partial charge in [-0.1, -0.05) is 109 Å². The minimum atomic E-state index is -0.336. The summed E-state index contributed by atoms with van der Waals surface area (Å²) in [7, 11) is 0. The van der Waals surface area contributed by atoms with Crippen LogP contribution in [0.2, 0.25) is 0 Å². The van der Waals surface area contributed by atoms with E-state index in [2.05, 4.69) is 143 Å². The number of para-hydroxylation sites is 3. The molecular weight excluding hydrogens is 701 g/mol. The highest BCUT2D eigenvalue weighted by Gasteiger charge is 2.24. The van der Waals surface area contributed by atoms with Gasteiger partial charge in [0.05, 0.1) is 11.0 Å². The molecule has 3 aromatic heterocycles. The van der Waals surface area contributed by atoms with E-state index in [0.29, 0.717) is 5.84 Å². The Morgan fingerprint density at radius 2 is 1.07 bits per heavy atom. The molecule has 4 heterocycles. The van der Waals surface area contributed by atoms with E-state index in [-0.39, 0.29) is 6.17 Å². The van der Waals surface area contributed by atoms with Crippen LogP contribution < -0.4 is 5.32 Å². The molecule has 0 spiro atoms. The molecule has 0 aliphatic carbocycles. The van der Waals surface area contributed by atoms with Gasteiger partial charge in [0, 0.05) is 49.1 Å². The normalized spacial score (nSPS) is 14.5. The number of furan rings is 2. The summed E-state index contributed by atoms with van der Waals surface area (Å²) in [4.78, 5) is 10.4. The molecular formula is C51H32N4O2. The Bertz CT molecular complexity index is 3440. The molecule has 1 aliphatic heterocycles. The van der Waals surface area contributed by atoms with E-state index in [1.54, 1.807) is 0 Å². The molecule has 268 valence electrons. The van der Waals surface area contributed by atoms with Crippen LogP contribution in [0.5, 0.6) is 0 Å². The van der Waals surface area contributed by atoms with Crippen molar-refractivity contribution in [2.75, 3.05) is 0 Å². The average molecular weight is 733 g/mol. The lowest BCUT2D eigenvalue weighted by molar-refractivity contribution is 0.668. The number of nitrogens with one attached hydrogen (secondary N) is 1. The Balaban J connectivity index is 1.04. The van der Waals surface area contributed by atoms with Crippen molar-refractivity contribution < 1.29 is 8.83 Å². The molecule has 12 rings (SSSR count). The molecule has 6 heteroatoms. The molecule has 1 atom stereocenters. The maximum Gasteiger partial charge on any atom is 0.159 e. The molecule has 11 aromatic rings. The van der Waals surface area contributed by atoms with Crippen molar-refractivity contribution in [2.24, 2.45) is 9.98 Å². The number of fused-ring (bicyclic) bond motifs is 9. The predicted molar refractivity (Wildman–Crippen MR) is 233 cm³/mol. The summed E-state index contributed by atoms with van der Waals surface area (Å²) >= 11 is 0. The highest BCUT2D eigenvalue weighted by molar-refractivity contribution is 6.22. The van der Waals surface area contributed by atoms with Gasteiger partial charge >= 0.3 is 0 Å². The minimum absolute atomic E-state index is 0.336. The van der Waals surface area contributed by atoms with E-state index in [0.717, 1.165) is 88.7 Å². The molecule has 0 bridgehead atoms. The third-order valence-electron chi connectivity index (χ3n) is 11.3. The third-order valence-corrected chi connectivity index (χ3v) is 11.3. The lowest BCUT2D eigenvalue weighted by atomic mass is 9.95. The lowest BCUT2D eigenvalue weighted by Gasteiger charge is -2.23. The molecule has 0 amide bonds. The first-order valence-electron chi connectivity index (χ1n) is 19.2. The maximum absolute atomic E-state index is 6.58. The van der Waals surface area contributed by atoms with Crippen LogP contribution in [-0.2, 0) is 0 Å². The second-order valence-electron chi connectivity index (χ2n) is 14.6. The van der Waals surface area contributed by atoms with Gasteiger partial charge < -0.3 is 18.7 Å². The highest BCUT2D eigenvalue weighted by Crippen LogP contribution is 2.43. The minimum Gasteiger partial charge on any atom is -0.456 e. The first kappa shape index (κ1) is 31.6. The van der Waals surface area contributed by atoms with Gasteiger partial charge in [-0.05, 0) is 89.5 Å². The van der Waals surface area contributed by atoms with Crippen molar-refractivity contribution in [1.29, 1.82) is 0 Å². The number of hydrogen-bond acceptors (Lipinski definition) is 5. The predicted octanol–water partition coefficient (Wildman–Crippen LogP) is 12.7. The van der Waals surface area contributed by atoms with E-state index in [4.69, 9.17) is 18.8 Å². The van der Waals surface area contributed by atoms with Gasteiger partial charge in [0.25, 0.3) is 0 Å². The number of aliphatic imine (C=N–C) groups is 2. The number of nitrogens with zero attached hydrogens (tertiary/aromatic N) is 3. The zero-order chi connectivity index (χ0) is 37.5. The van der Waals surface area contributed by atoms with E-state index in [1.165, 1.54) is 16.3 Å². The van der Waals surface area contributed by atoms with Crippen LogP contribution in [0.25, 0.3) is 82.5 Å². The van der Waals surface area contributed by atoms with E-state index in [9.17, 15) is 0 Å². The fourth-order valence-corrected chi connectivity index (χ4v) is 8.69. The molecule has 0 fully saturated rings. The first-order chi connectivity index (χ1) is 28.2. The molecule has 1 unspecified atom stereocenters. The van der Waals surface area contributed by atoms with Crippen molar-refractivity contribution in [3.63, 3.8) is 0 Å². The maximum atomic E-state index is 6.58. The molecule has 1 N–H and O–H groups in total. The van der Waals surface area contributed by atoms with Crippen LogP contribution in [0.3, 0.4) is 0 Å². The van der Waals surface area contributed by atoms with Crippen molar-refractivity contribution in [1.82, 2.24) is 9.88 Å². The summed E-state index contributed by atoms with van der Waals surface area (Å²) in [6, 6.07) is 63.3. The molecule has 1 aliphatic rings. The fraction of sp³-hybridized carbons (Fsp3) is 0.0196. The van der Waals surface area contributed by atoms with Gasteiger partial charge in [0.15, 0.2) is 5.84 Å². The number of hydrogen-bond donors (Lipinski definition) is 1. The quantitative estimate of drug-likeness (QED) is 0.192. The Morgan fingerprint density at radius 1 is 0.456 bits per heavy atom. The molecule has 0 radical (unpaired) electrons. The Morgan fingerprint density at radius 3 is 1.93 bits per heavy atom. The molecule has 8 aromatic carbocycles. The fourth-order valence-electron chi connectivity index (χ4n) is 8.69. The summed E-state index contributed by atoms with van der Waals surface area (Å²) in [6.45, 7) is 0. The molecule has 0 saturated carbocycles. The highest BCUT2D eigenvalue weighted by atomic mass is 16.3. The van der Waals surface area contributed by atoms with Gasteiger partial charge in [-0.25, -0.2) is 9.98 Å². The topological polar surface area (TPSA) is 68.0 Å². The van der Waals surface area contributed by atoms with Crippen LogP contribution in [0.15, 0.2) is 201 Å². The van der Waals surface area contributed by atoms with E-state index in [1.807, 2.05) is 48.5 Å². The van der Waals surface area contributed by atoms with E-state index >= 15 is 0 Å². The Labute approximate surface area is 326 Å². The molecule has 57 heavy (non-hydrogen) atoms. The summed E-state index contributed by atoms with van der Waals surface area (Å²) in [6.07, 6.45) is -0.336. The second-order valence-corrected chi connectivity index (χ2v) is 14.6. The SMILES string of the molecule is c1ccc(C2N=C(c3ccc4oc5ccccc5c4c3)N=C(c3ccc4oc5cccc(-c6cccc7c6c6ccccc6n7-c6ccccc6)c5c4c3)N2)cc1. The van der Waals surface area contributed by atoms with Crippen LogP contribution >= 0.6 is 0 Å². The average Bonchev–Trinajstić information content (AvgIpc) is 3.96. The zero-order valence-electron chi connectivity index (χ0n) is 30.6. The smallest absolute Gasteiger partial charge is 0.159 e. The number of aromatic nitrogens is 1. The van der Waals surface area contributed by atoms with Crippen molar-refractivity contribution in [3.8, 4) is 16.8 Å². The zero-order valence-corrected chi connectivity index (χ0v) is 30.6. The van der Waals surface area contributed by atoms with Crippen LogP contribution in [0.4, 0.5) is 0 Å². The van der Waals surface area contributed by atoms with Gasteiger partial charge in [0.1, 0.15) is 34.3 Å². The van der Waals surface area contributed by atoms with Crippen molar-refractivity contribution in [2.45, 2.75) is 6.17 Å². The summed E-state index contributed by atoms with van der Waals surface area (Å²) < 4.78 is 15.1. The summed E-state index contributed by atoms with van der Waals surface area (Å²) in [5.41, 5.74) is 12.0. The van der Waals surface area contributed by atoms with Crippen molar-refractivity contribution >= 4 is 77.4 Å². The Hall–Kier alpha value is -7.70. The lowest BCUT2D eigenvalue weighted by Crippen LogP contribution is -2.33. The van der Waals surface area contributed by atoms with Crippen LogP contribution in [0.1, 0.15) is 22.9 Å².